The number of amides is 1. The van der Waals surface area contributed by atoms with Gasteiger partial charge in [-0.05, 0) is 53.3 Å². The number of piperazine rings is 1. The molecule has 3 aromatic rings. The van der Waals surface area contributed by atoms with Crippen LogP contribution in [0.2, 0.25) is 0 Å². The van der Waals surface area contributed by atoms with E-state index in [9.17, 15) is 4.79 Å². The Labute approximate surface area is 212 Å². The van der Waals surface area contributed by atoms with Gasteiger partial charge in [-0.3, -0.25) is 19.6 Å². The van der Waals surface area contributed by atoms with Gasteiger partial charge >= 0.3 is 0 Å². The van der Waals surface area contributed by atoms with Crippen LogP contribution in [0.1, 0.15) is 39.2 Å². The molecule has 0 atom stereocenters. The Morgan fingerprint density at radius 1 is 0.971 bits per heavy atom. The van der Waals surface area contributed by atoms with Crippen LogP contribution in [0.3, 0.4) is 0 Å². The van der Waals surface area contributed by atoms with E-state index in [1.165, 1.54) is 22.5 Å². The van der Waals surface area contributed by atoms with Crippen LogP contribution in [0, 0.1) is 6.92 Å². The third-order valence-electron chi connectivity index (χ3n) is 6.99. The summed E-state index contributed by atoms with van der Waals surface area (Å²) in [5.41, 5.74) is 3.65. The summed E-state index contributed by atoms with van der Waals surface area (Å²) in [6, 6.07) is 14.7. The molecule has 0 radical (unpaired) electrons. The minimum Gasteiger partial charge on any atom is -0.490 e. The number of aryl methyl sites for hydroxylation is 1. The number of hydrogen-bond acceptors (Lipinski definition) is 6. The largest absolute Gasteiger partial charge is 0.490 e. The monoisotopic (exact) mass is 490 g/mol. The molecule has 5 rings (SSSR count). The third kappa shape index (κ3) is 6.28. The number of rotatable bonds is 7. The van der Waals surface area contributed by atoms with E-state index in [-0.39, 0.29) is 12.0 Å². The average molecular weight is 491 g/mol. The maximum Gasteiger partial charge on any atom is 0.264 e. The van der Waals surface area contributed by atoms with E-state index in [0.29, 0.717) is 0 Å². The number of ether oxygens (including phenoxy) is 1. The lowest BCUT2D eigenvalue weighted by Gasteiger charge is -2.35. The van der Waals surface area contributed by atoms with Gasteiger partial charge in [0, 0.05) is 77.6 Å². The van der Waals surface area contributed by atoms with E-state index < -0.39 is 0 Å². The molecule has 0 unspecified atom stereocenters. The Hall–Kier alpha value is -2.74. The highest BCUT2D eigenvalue weighted by Crippen LogP contribution is 2.24. The van der Waals surface area contributed by atoms with Crippen molar-refractivity contribution in [2.75, 3.05) is 39.3 Å². The number of likely N-dealkylation sites (tertiary alicyclic amines) is 1. The van der Waals surface area contributed by atoms with Gasteiger partial charge in [0.15, 0.2) is 0 Å². The van der Waals surface area contributed by atoms with Crippen LogP contribution in [0.25, 0.3) is 0 Å². The van der Waals surface area contributed by atoms with E-state index >= 15 is 0 Å². The number of nitrogens with zero attached hydrogens (tertiary/aromatic N) is 4. The quantitative estimate of drug-likeness (QED) is 0.490. The Kier molecular flexibility index (Phi) is 7.76. The van der Waals surface area contributed by atoms with Crippen LogP contribution < -0.4 is 4.74 Å². The predicted molar refractivity (Wildman–Crippen MR) is 140 cm³/mol. The predicted octanol–water partition coefficient (Wildman–Crippen LogP) is 4.45. The molecule has 6 nitrogen and oxygen atoms in total. The van der Waals surface area contributed by atoms with Crippen LogP contribution in [0.5, 0.6) is 5.75 Å². The standard InChI is InChI=1S/C28H34N4O2S/c1-22-9-17-35-27(22)28(33)32-11-7-25(8-12-32)34-26-6-2-4-23(18-26)20-30-13-15-31(16-14-30)21-24-5-3-10-29-19-24/h2-6,9-10,17-19,25H,7-8,11-16,20-21H2,1H3. The summed E-state index contributed by atoms with van der Waals surface area (Å²) in [5, 5.41) is 1.99. The van der Waals surface area contributed by atoms with Crippen LogP contribution in [-0.2, 0) is 13.1 Å². The van der Waals surface area contributed by atoms with E-state index in [1.807, 2.05) is 41.7 Å². The minimum atomic E-state index is 0.162. The molecule has 1 aromatic carbocycles. The normalized spacial score (nSPS) is 18.0. The summed E-state index contributed by atoms with van der Waals surface area (Å²) in [6.07, 6.45) is 5.70. The highest BCUT2D eigenvalue weighted by atomic mass is 32.1. The van der Waals surface area contributed by atoms with Gasteiger partial charge in [0.25, 0.3) is 5.91 Å². The van der Waals surface area contributed by atoms with E-state index in [0.717, 1.165) is 81.4 Å². The Morgan fingerprint density at radius 2 is 1.69 bits per heavy atom. The number of pyridine rings is 1. The Bertz CT molecular complexity index is 1100. The molecular formula is C28H34N4O2S. The zero-order valence-corrected chi connectivity index (χ0v) is 21.3. The fourth-order valence-electron chi connectivity index (χ4n) is 4.94. The van der Waals surface area contributed by atoms with Crippen molar-refractivity contribution < 1.29 is 9.53 Å². The fraction of sp³-hybridized carbons (Fsp3) is 0.429. The Balaban J connectivity index is 1.08. The molecule has 0 aliphatic carbocycles. The van der Waals surface area contributed by atoms with Crippen molar-refractivity contribution in [1.29, 1.82) is 0 Å². The van der Waals surface area contributed by atoms with Gasteiger partial charge in [-0.1, -0.05) is 18.2 Å². The molecule has 0 saturated carbocycles. The first-order chi connectivity index (χ1) is 17.1. The average Bonchev–Trinajstić information content (AvgIpc) is 3.32. The number of carbonyl (C=O) groups excluding carboxylic acids is 1. The number of benzene rings is 1. The minimum absolute atomic E-state index is 0.162. The molecule has 2 fully saturated rings. The smallest absolute Gasteiger partial charge is 0.264 e. The van der Waals surface area contributed by atoms with Crippen molar-refractivity contribution in [3.63, 3.8) is 0 Å². The van der Waals surface area contributed by atoms with E-state index in [2.05, 4.69) is 45.1 Å². The summed E-state index contributed by atoms with van der Waals surface area (Å²) >= 11 is 1.54. The highest BCUT2D eigenvalue weighted by Gasteiger charge is 2.26. The number of thiophene rings is 1. The molecule has 4 heterocycles. The molecule has 0 N–H and O–H groups in total. The number of piperidine rings is 1. The van der Waals surface area contributed by atoms with Gasteiger partial charge in [0.2, 0.25) is 0 Å². The van der Waals surface area contributed by atoms with Gasteiger partial charge in [-0.25, -0.2) is 0 Å². The zero-order chi connectivity index (χ0) is 24.0. The second-order valence-corrected chi connectivity index (χ2v) is 10.5. The maximum absolute atomic E-state index is 12.8. The Morgan fingerprint density at radius 3 is 2.34 bits per heavy atom. The molecule has 2 aliphatic rings. The molecule has 7 heteroatoms. The second kappa shape index (κ2) is 11.3. The SMILES string of the molecule is Cc1ccsc1C(=O)N1CCC(Oc2cccc(CN3CCN(Cc4cccnc4)CC3)c2)CC1. The van der Waals surface area contributed by atoms with Crippen molar-refractivity contribution in [2.24, 2.45) is 0 Å². The molecule has 35 heavy (non-hydrogen) atoms. The van der Waals surface area contributed by atoms with Gasteiger partial charge in [0.05, 0.1) is 4.88 Å². The fourth-order valence-corrected chi connectivity index (χ4v) is 5.83. The van der Waals surface area contributed by atoms with Crippen molar-refractivity contribution in [2.45, 2.75) is 39.0 Å². The summed E-state index contributed by atoms with van der Waals surface area (Å²) in [4.78, 5) is 24.9. The van der Waals surface area contributed by atoms with Crippen molar-refractivity contribution in [3.05, 3.63) is 81.8 Å². The van der Waals surface area contributed by atoms with Crippen LogP contribution in [0.4, 0.5) is 0 Å². The molecule has 2 saturated heterocycles. The number of aromatic nitrogens is 1. The van der Waals surface area contributed by atoms with Crippen molar-refractivity contribution in [3.8, 4) is 5.75 Å². The lowest BCUT2D eigenvalue weighted by atomic mass is 10.1. The number of carbonyl (C=O) groups is 1. The molecule has 1 amide bonds. The lowest BCUT2D eigenvalue weighted by molar-refractivity contribution is 0.0599. The zero-order valence-electron chi connectivity index (χ0n) is 20.4. The summed E-state index contributed by atoms with van der Waals surface area (Å²) in [6.45, 7) is 9.74. The van der Waals surface area contributed by atoms with Gasteiger partial charge in [-0.15, -0.1) is 11.3 Å². The lowest BCUT2D eigenvalue weighted by Crippen LogP contribution is -2.45. The number of hydrogen-bond donors (Lipinski definition) is 0. The van der Waals surface area contributed by atoms with Crippen LogP contribution >= 0.6 is 11.3 Å². The van der Waals surface area contributed by atoms with Gasteiger partial charge in [0.1, 0.15) is 11.9 Å². The first kappa shape index (κ1) is 24.0. The van der Waals surface area contributed by atoms with Crippen LogP contribution in [0.15, 0.2) is 60.2 Å². The summed E-state index contributed by atoms with van der Waals surface area (Å²) in [7, 11) is 0. The summed E-state index contributed by atoms with van der Waals surface area (Å²) < 4.78 is 6.34. The van der Waals surface area contributed by atoms with Crippen molar-refractivity contribution >= 4 is 17.2 Å². The summed E-state index contributed by atoms with van der Waals surface area (Å²) in [5.74, 6) is 1.11. The molecule has 0 bridgehead atoms. The highest BCUT2D eigenvalue weighted by molar-refractivity contribution is 7.12. The first-order valence-electron chi connectivity index (χ1n) is 12.6. The molecule has 0 spiro atoms. The second-order valence-electron chi connectivity index (χ2n) is 9.60. The first-order valence-corrected chi connectivity index (χ1v) is 13.4. The maximum atomic E-state index is 12.8. The van der Waals surface area contributed by atoms with Crippen molar-refractivity contribution in [1.82, 2.24) is 19.7 Å². The molecule has 184 valence electrons. The van der Waals surface area contributed by atoms with E-state index in [4.69, 9.17) is 4.74 Å². The third-order valence-corrected chi connectivity index (χ3v) is 7.99. The van der Waals surface area contributed by atoms with E-state index in [1.54, 1.807) is 0 Å². The topological polar surface area (TPSA) is 48.9 Å². The van der Waals surface area contributed by atoms with Gasteiger partial charge in [-0.2, -0.15) is 0 Å². The van der Waals surface area contributed by atoms with Crippen LogP contribution in [-0.4, -0.2) is 71.0 Å². The molecular weight excluding hydrogens is 456 g/mol. The van der Waals surface area contributed by atoms with Gasteiger partial charge < -0.3 is 9.64 Å². The molecule has 2 aliphatic heterocycles. The molecule has 2 aromatic heterocycles.